The predicted molar refractivity (Wildman–Crippen MR) is 80.0 cm³/mol. The number of hydrogen-bond acceptors (Lipinski definition) is 2. The number of rotatable bonds is 2. The fourth-order valence-corrected chi connectivity index (χ4v) is 3.84. The summed E-state index contributed by atoms with van der Waals surface area (Å²) in [5.74, 6) is 2.56. The van der Waals surface area contributed by atoms with Gasteiger partial charge in [0.05, 0.1) is 5.52 Å². The van der Waals surface area contributed by atoms with Crippen LogP contribution in [-0.2, 0) is 0 Å². The van der Waals surface area contributed by atoms with Gasteiger partial charge < -0.3 is 15.6 Å². The van der Waals surface area contributed by atoms with E-state index in [2.05, 4.69) is 35.0 Å². The van der Waals surface area contributed by atoms with Crippen LogP contribution in [0.5, 0.6) is 0 Å². The van der Waals surface area contributed by atoms with Crippen molar-refractivity contribution in [2.24, 2.45) is 5.73 Å². The van der Waals surface area contributed by atoms with Gasteiger partial charge in [-0.2, -0.15) is 0 Å². The molecule has 5 rings (SSSR count). The summed E-state index contributed by atoms with van der Waals surface area (Å²) in [5.41, 5.74) is 10.1. The highest BCUT2D eigenvalue weighted by atomic mass is 15.2. The second-order valence-electron chi connectivity index (χ2n) is 6.06. The predicted octanol–water partition coefficient (Wildman–Crippen LogP) is 2.93. The quantitative estimate of drug-likeness (QED) is 0.866. The van der Waals surface area contributed by atoms with E-state index >= 15 is 0 Å². The smallest absolute Gasteiger partial charge is 0.110 e. The summed E-state index contributed by atoms with van der Waals surface area (Å²) >= 11 is 0. The first-order chi connectivity index (χ1) is 9.29. The highest BCUT2D eigenvalue weighted by Crippen LogP contribution is 2.46. The van der Waals surface area contributed by atoms with E-state index in [1.807, 2.05) is 0 Å². The standard InChI is InChI=1S/C16H21N3/c1-10(9-17)12-3-2-4-13-14-11-5-7-19(8-6-11)16(14)18-15(12)13/h2-4,10-11,18H,5-9,17H2,1H3. The molecule has 3 heteroatoms. The van der Waals surface area contributed by atoms with Crippen molar-refractivity contribution in [3.8, 4) is 0 Å². The number of nitrogens with two attached hydrogens (primary N) is 1. The Morgan fingerprint density at radius 3 is 2.89 bits per heavy atom. The van der Waals surface area contributed by atoms with Crippen LogP contribution in [0.15, 0.2) is 18.2 Å². The lowest BCUT2D eigenvalue weighted by molar-refractivity contribution is 0.475. The number of H-pyrrole nitrogens is 1. The second kappa shape index (κ2) is 4.01. The van der Waals surface area contributed by atoms with Crippen molar-refractivity contribution in [2.45, 2.75) is 31.6 Å². The first kappa shape index (κ1) is 11.4. The summed E-state index contributed by atoms with van der Waals surface area (Å²) in [5, 5.41) is 1.43. The van der Waals surface area contributed by atoms with Crippen LogP contribution < -0.4 is 10.6 Å². The number of nitrogens with one attached hydrogen (secondary N) is 1. The van der Waals surface area contributed by atoms with Gasteiger partial charge in [-0.3, -0.25) is 0 Å². The molecule has 1 atom stereocenters. The average Bonchev–Trinajstić information content (AvgIpc) is 2.89. The van der Waals surface area contributed by atoms with Crippen LogP contribution in [0.3, 0.4) is 0 Å². The summed E-state index contributed by atoms with van der Waals surface area (Å²) in [7, 11) is 0. The van der Waals surface area contributed by atoms with Crippen molar-refractivity contribution in [3.63, 3.8) is 0 Å². The summed E-state index contributed by atoms with van der Waals surface area (Å²) < 4.78 is 0. The first-order valence-electron chi connectivity index (χ1n) is 7.39. The molecular formula is C16H21N3. The van der Waals surface area contributed by atoms with Crippen LogP contribution in [0.25, 0.3) is 10.9 Å². The van der Waals surface area contributed by atoms with Gasteiger partial charge in [-0.15, -0.1) is 0 Å². The molecule has 2 bridgehead atoms. The third kappa shape index (κ3) is 1.48. The molecule has 3 aliphatic heterocycles. The lowest BCUT2D eigenvalue weighted by Gasteiger charge is -2.40. The summed E-state index contributed by atoms with van der Waals surface area (Å²) in [6, 6.07) is 6.69. The lowest BCUT2D eigenvalue weighted by Crippen LogP contribution is -2.38. The number of nitrogens with zero attached hydrogens (tertiary/aromatic N) is 1. The second-order valence-corrected chi connectivity index (χ2v) is 6.06. The number of fused-ring (bicyclic) bond motifs is 3. The van der Waals surface area contributed by atoms with E-state index in [0.29, 0.717) is 12.5 Å². The molecule has 3 N–H and O–H groups in total. The molecule has 0 aliphatic carbocycles. The van der Waals surface area contributed by atoms with Crippen molar-refractivity contribution in [1.29, 1.82) is 0 Å². The van der Waals surface area contributed by atoms with Crippen LogP contribution >= 0.6 is 0 Å². The molecule has 1 aromatic carbocycles. The van der Waals surface area contributed by atoms with E-state index in [9.17, 15) is 0 Å². The van der Waals surface area contributed by atoms with Gasteiger partial charge in [-0.25, -0.2) is 0 Å². The van der Waals surface area contributed by atoms with Gasteiger partial charge in [0.2, 0.25) is 0 Å². The van der Waals surface area contributed by atoms with Crippen molar-refractivity contribution >= 4 is 16.7 Å². The number of benzene rings is 1. The molecule has 0 radical (unpaired) electrons. The normalized spacial score (nSPS) is 20.0. The van der Waals surface area contributed by atoms with E-state index in [0.717, 1.165) is 5.92 Å². The third-order valence-corrected chi connectivity index (χ3v) is 4.99. The van der Waals surface area contributed by atoms with Gasteiger partial charge in [0.1, 0.15) is 5.82 Å². The third-order valence-electron chi connectivity index (χ3n) is 4.99. The van der Waals surface area contributed by atoms with E-state index in [4.69, 9.17) is 5.73 Å². The number of hydrogen-bond donors (Lipinski definition) is 2. The van der Waals surface area contributed by atoms with Crippen molar-refractivity contribution in [3.05, 3.63) is 29.3 Å². The Bertz CT molecular complexity index is 620. The minimum atomic E-state index is 0.413. The topological polar surface area (TPSA) is 45.1 Å². The Balaban J connectivity index is 1.98. The molecule has 1 saturated heterocycles. The number of para-hydroxylation sites is 1. The van der Waals surface area contributed by atoms with Gasteiger partial charge in [0, 0.05) is 24.0 Å². The van der Waals surface area contributed by atoms with Gasteiger partial charge in [-0.05, 0) is 36.8 Å². The molecular weight excluding hydrogens is 234 g/mol. The molecule has 3 aliphatic rings. The maximum Gasteiger partial charge on any atom is 0.110 e. The zero-order valence-corrected chi connectivity index (χ0v) is 11.4. The van der Waals surface area contributed by atoms with E-state index in [1.165, 1.54) is 48.2 Å². The molecule has 2 aromatic rings. The maximum atomic E-state index is 5.86. The van der Waals surface area contributed by atoms with Crippen LogP contribution in [0, 0.1) is 0 Å². The Labute approximate surface area is 113 Å². The maximum absolute atomic E-state index is 5.86. The zero-order chi connectivity index (χ0) is 13.0. The molecule has 1 fully saturated rings. The summed E-state index contributed by atoms with van der Waals surface area (Å²) in [6.45, 7) is 5.35. The van der Waals surface area contributed by atoms with Crippen LogP contribution in [-0.4, -0.2) is 24.6 Å². The number of piperidine rings is 1. The summed E-state index contributed by atoms with van der Waals surface area (Å²) in [4.78, 5) is 6.22. The molecule has 4 heterocycles. The highest BCUT2D eigenvalue weighted by Gasteiger charge is 2.34. The average molecular weight is 255 g/mol. The zero-order valence-electron chi connectivity index (χ0n) is 11.4. The molecule has 0 spiro atoms. The number of aromatic amines is 1. The molecule has 19 heavy (non-hydrogen) atoms. The van der Waals surface area contributed by atoms with Gasteiger partial charge in [0.15, 0.2) is 0 Å². The fourth-order valence-electron chi connectivity index (χ4n) is 3.84. The Kier molecular flexibility index (Phi) is 2.39. The fraction of sp³-hybridized carbons (Fsp3) is 0.500. The van der Waals surface area contributed by atoms with E-state index < -0.39 is 0 Å². The minimum absolute atomic E-state index is 0.413. The minimum Gasteiger partial charge on any atom is -0.358 e. The van der Waals surface area contributed by atoms with Crippen LogP contribution in [0.4, 0.5) is 5.82 Å². The molecule has 100 valence electrons. The Morgan fingerprint density at radius 1 is 1.37 bits per heavy atom. The van der Waals surface area contributed by atoms with Gasteiger partial charge in [0.25, 0.3) is 0 Å². The summed E-state index contributed by atoms with van der Waals surface area (Å²) in [6.07, 6.45) is 2.63. The van der Waals surface area contributed by atoms with Gasteiger partial charge >= 0.3 is 0 Å². The lowest BCUT2D eigenvalue weighted by atomic mass is 9.84. The molecule has 3 nitrogen and oxygen atoms in total. The largest absolute Gasteiger partial charge is 0.358 e. The monoisotopic (exact) mass is 255 g/mol. The molecule has 0 saturated carbocycles. The Hall–Kier alpha value is -1.48. The van der Waals surface area contributed by atoms with Crippen LogP contribution in [0.2, 0.25) is 0 Å². The number of anilines is 1. The van der Waals surface area contributed by atoms with Crippen molar-refractivity contribution < 1.29 is 0 Å². The first-order valence-corrected chi connectivity index (χ1v) is 7.39. The van der Waals surface area contributed by atoms with Crippen LogP contribution in [0.1, 0.15) is 42.7 Å². The number of aromatic nitrogens is 1. The molecule has 0 amide bonds. The van der Waals surface area contributed by atoms with Crippen molar-refractivity contribution in [1.82, 2.24) is 4.98 Å². The van der Waals surface area contributed by atoms with Crippen molar-refractivity contribution in [2.75, 3.05) is 24.5 Å². The highest BCUT2D eigenvalue weighted by molar-refractivity contribution is 5.93. The molecule has 1 aromatic heterocycles. The molecule has 1 unspecified atom stereocenters. The Morgan fingerprint density at radius 2 is 2.16 bits per heavy atom. The van der Waals surface area contributed by atoms with E-state index in [1.54, 1.807) is 5.56 Å². The van der Waals surface area contributed by atoms with Gasteiger partial charge in [-0.1, -0.05) is 25.1 Å². The SMILES string of the molecule is CC(CN)c1cccc2c3c([nH]c12)N1CCC3CC1. The van der Waals surface area contributed by atoms with E-state index in [-0.39, 0.29) is 0 Å².